The molecule has 1 saturated heterocycles. The minimum absolute atomic E-state index is 0.0662. The zero-order chi connectivity index (χ0) is 22.8. The first kappa shape index (κ1) is 23.7. The predicted octanol–water partition coefficient (Wildman–Crippen LogP) is 3.54. The molecule has 1 atom stereocenters. The third kappa shape index (κ3) is 7.32. The maximum absolute atomic E-state index is 13.1. The molecule has 8 nitrogen and oxygen atoms in total. The molecule has 0 aliphatic carbocycles. The van der Waals surface area contributed by atoms with E-state index >= 15 is 0 Å². The summed E-state index contributed by atoms with van der Waals surface area (Å²) in [6.07, 6.45) is 1.13. The van der Waals surface area contributed by atoms with Gasteiger partial charge in [-0.3, -0.25) is 19.8 Å². The first-order valence-electron chi connectivity index (χ1n) is 11.1. The van der Waals surface area contributed by atoms with Crippen LogP contribution < -0.4 is 5.32 Å². The molecule has 1 amide bonds. The molecule has 1 N–H and O–H groups in total. The molecule has 8 heteroatoms. The highest BCUT2D eigenvalue weighted by Gasteiger charge is 2.23. The van der Waals surface area contributed by atoms with Gasteiger partial charge < -0.3 is 15.0 Å². The lowest BCUT2D eigenvalue weighted by atomic mass is 10.1. The minimum Gasteiger partial charge on any atom is -0.385 e. The summed E-state index contributed by atoms with van der Waals surface area (Å²) in [7, 11) is 0. The molecule has 1 unspecified atom stereocenters. The summed E-state index contributed by atoms with van der Waals surface area (Å²) >= 11 is 0. The van der Waals surface area contributed by atoms with Crippen LogP contribution in [0.4, 0.5) is 11.4 Å². The second kappa shape index (κ2) is 12.2. The number of non-ortho nitro benzene ring substituents is 1. The molecule has 2 aromatic carbocycles. The number of nitrogens with one attached hydrogen (secondary N) is 1. The minimum atomic E-state index is -0.415. The number of carbonyl (C=O) groups excluding carboxylic acids is 1. The van der Waals surface area contributed by atoms with Gasteiger partial charge in [-0.1, -0.05) is 30.3 Å². The number of benzene rings is 2. The average Bonchev–Trinajstić information content (AvgIpc) is 2.81. The SMILES string of the molecule is CC(CN1CCOCC1)N(Cc1ccccc1)C(=O)CCCNc1ccc([N+](=O)[O-])cc1. The van der Waals surface area contributed by atoms with Gasteiger partial charge in [0.25, 0.3) is 5.69 Å². The van der Waals surface area contributed by atoms with Gasteiger partial charge in [-0.25, -0.2) is 0 Å². The van der Waals surface area contributed by atoms with Crippen molar-refractivity contribution in [3.05, 3.63) is 70.3 Å². The topological polar surface area (TPSA) is 88.0 Å². The third-order valence-corrected chi connectivity index (χ3v) is 5.65. The van der Waals surface area contributed by atoms with Gasteiger partial charge in [0.1, 0.15) is 0 Å². The van der Waals surface area contributed by atoms with Crippen LogP contribution in [0.3, 0.4) is 0 Å². The van der Waals surface area contributed by atoms with Gasteiger partial charge in [0.05, 0.1) is 18.1 Å². The molecule has 0 spiro atoms. The van der Waals surface area contributed by atoms with E-state index in [1.165, 1.54) is 12.1 Å². The van der Waals surface area contributed by atoms with Crippen LogP contribution in [0, 0.1) is 10.1 Å². The molecule has 1 aliphatic heterocycles. The summed E-state index contributed by atoms with van der Waals surface area (Å²) in [6.45, 7) is 7.46. The van der Waals surface area contributed by atoms with Crippen LogP contribution >= 0.6 is 0 Å². The summed E-state index contributed by atoms with van der Waals surface area (Å²) in [5, 5.41) is 14.0. The number of rotatable bonds is 11. The number of ether oxygens (including phenoxy) is 1. The number of nitrogens with zero attached hydrogens (tertiary/aromatic N) is 3. The van der Waals surface area contributed by atoms with Gasteiger partial charge in [-0.15, -0.1) is 0 Å². The van der Waals surface area contributed by atoms with Gasteiger partial charge in [0.15, 0.2) is 0 Å². The monoisotopic (exact) mass is 440 g/mol. The molecule has 3 rings (SSSR count). The Morgan fingerprint density at radius 2 is 1.84 bits per heavy atom. The van der Waals surface area contributed by atoms with Gasteiger partial charge in [-0.2, -0.15) is 0 Å². The van der Waals surface area contributed by atoms with Crippen molar-refractivity contribution in [3.63, 3.8) is 0 Å². The maximum atomic E-state index is 13.1. The first-order valence-corrected chi connectivity index (χ1v) is 11.1. The molecule has 2 aromatic rings. The lowest BCUT2D eigenvalue weighted by molar-refractivity contribution is -0.384. The van der Waals surface area contributed by atoms with Crippen LogP contribution in [-0.2, 0) is 16.1 Å². The molecule has 1 fully saturated rings. The Labute approximate surface area is 189 Å². The van der Waals surface area contributed by atoms with Crippen LogP contribution in [-0.4, -0.2) is 66.1 Å². The van der Waals surface area contributed by atoms with Crippen LogP contribution in [0.2, 0.25) is 0 Å². The van der Waals surface area contributed by atoms with Gasteiger partial charge in [0.2, 0.25) is 5.91 Å². The second-order valence-corrected chi connectivity index (χ2v) is 8.10. The fraction of sp³-hybridized carbons (Fsp3) is 0.458. The number of amides is 1. The highest BCUT2D eigenvalue weighted by Crippen LogP contribution is 2.16. The second-order valence-electron chi connectivity index (χ2n) is 8.10. The van der Waals surface area contributed by atoms with Crippen molar-refractivity contribution < 1.29 is 14.5 Å². The van der Waals surface area contributed by atoms with E-state index in [0.29, 0.717) is 25.9 Å². The van der Waals surface area contributed by atoms with E-state index in [2.05, 4.69) is 29.3 Å². The molecule has 0 aromatic heterocycles. The smallest absolute Gasteiger partial charge is 0.269 e. The van der Waals surface area contributed by atoms with E-state index in [0.717, 1.165) is 44.1 Å². The predicted molar refractivity (Wildman–Crippen MR) is 125 cm³/mol. The van der Waals surface area contributed by atoms with Crippen molar-refractivity contribution in [3.8, 4) is 0 Å². The highest BCUT2D eigenvalue weighted by atomic mass is 16.6. The molecule has 1 aliphatic rings. The van der Waals surface area contributed by atoms with E-state index in [9.17, 15) is 14.9 Å². The number of nitro benzene ring substituents is 1. The normalized spacial score (nSPS) is 15.2. The fourth-order valence-electron chi connectivity index (χ4n) is 3.84. The van der Waals surface area contributed by atoms with Gasteiger partial charge >= 0.3 is 0 Å². The van der Waals surface area contributed by atoms with Crippen LogP contribution in [0.1, 0.15) is 25.3 Å². The lowest BCUT2D eigenvalue weighted by Gasteiger charge is -2.35. The van der Waals surface area contributed by atoms with E-state index < -0.39 is 4.92 Å². The van der Waals surface area contributed by atoms with E-state index in [-0.39, 0.29) is 17.6 Å². The van der Waals surface area contributed by atoms with Crippen LogP contribution in [0.25, 0.3) is 0 Å². The van der Waals surface area contributed by atoms with E-state index in [1.807, 2.05) is 23.1 Å². The summed E-state index contributed by atoms with van der Waals surface area (Å²) in [6, 6.07) is 16.5. The summed E-state index contributed by atoms with van der Waals surface area (Å²) < 4.78 is 5.44. The summed E-state index contributed by atoms with van der Waals surface area (Å²) in [5.41, 5.74) is 2.00. The van der Waals surface area contributed by atoms with Crippen LogP contribution in [0.15, 0.2) is 54.6 Å². The summed E-state index contributed by atoms with van der Waals surface area (Å²) in [4.78, 5) is 27.8. The first-order chi connectivity index (χ1) is 15.5. The van der Waals surface area contributed by atoms with Gasteiger partial charge in [0, 0.05) is 63.0 Å². The molecular weight excluding hydrogens is 408 g/mol. The fourth-order valence-corrected chi connectivity index (χ4v) is 3.84. The largest absolute Gasteiger partial charge is 0.385 e. The Hall–Kier alpha value is -2.97. The molecule has 0 bridgehead atoms. The Balaban J connectivity index is 1.53. The number of anilines is 1. The van der Waals surface area contributed by atoms with Crippen molar-refractivity contribution in [2.24, 2.45) is 0 Å². The molecule has 172 valence electrons. The van der Waals surface area contributed by atoms with Gasteiger partial charge in [-0.05, 0) is 31.0 Å². The van der Waals surface area contributed by atoms with E-state index in [1.54, 1.807) is 12.1 Å². The lowest BCUT2D eigenvalue weighted by Crippen LogP contribution is -2.48. The number of morpholine rings is 1. The van der Waals surface area contributed by atoms with Crippen LogP contribution in [0.5, 0.6) is 0 Å². The third-order valence-electron chi connectivity index (χ3n) is 5.65. The van der Waals surface area contributed by atoms with Crippen molar-refractivity contribution in [1.29, 1.82) is 0 Å². The Bertz CT molecular complexity index is 854. The quantitative estimate of drug-likeness (QED) is 0.327. The average molecular weight is 441 g/mol. The Morgan fingerprint density at radius 1 is 1.16 bits per heavy atom. The van der Waals surface area contributed by atoms with Crippen molar-refractivity contribution in [2.75, 3.05) is 44.7 Å². The number of carbonyl (C=O) groups is 1. The number of hydrogen-bond acceptors (Lipinski definition) is 6. The van der Waals surface area contributed by atoms with Crippen molar-refractivity contribution in [2.45, 2.75) is 32.4 Å². The highest BCUT2D eigenvalue weighted by molar-refractivity contribution is 5.76. The number of nitro groups is 1. The molecule has 32 heavy (non-hydrogen) atoms. The summed E-state index contributed by atoms with van der Waals surface area (Å²) in [5.74, 6) is 0.139. The van der Waals surface area contributed by atoms with E-state index in [4.69, 9.17) is 4.74 Å². The zero-order valence-electron chi connectivity index (χ0n) is 18.6. The standard InChI is InChI=1S/C24H32N4O4/c1-20(18-26-14-16-32-17-15-26)27(19-21-6-3-2-4-7-21)24(29)8-5-13-25-22-9-11-23(12-10-22)28(30)31/h2-4,6-7,9-12,20,25H,5,8,13-19H2,1H3. The molecule has 0 radical (unpaired) electrons. The molecular formula is C24H32N4O4. The number of hydrogen-bond donors (Lipinski definition) is 1. The Kier molecular flexibility index (Phi) is 9.01. The van der Waals surface area contributed by atoms with Crippen molar-refractivity contribution >= 4 is 17.3 Å². The maximum Gasteiger partial charge on any atom is 0.269 e. The van der Waals surface area contributed by atoms with Crippen molar-refractivity contribution in [1.82, 2.24) is 9.80 Å². The molecule has 1 heterocycles. The Morgan fingerprint density at radius 3 is 2.50 bits per heavy atom. The molecule has 0 saturated carbocycles. The zero-order valence-corrected chi connectivity index (χ0v) is 18.6.